The largest absolute Gasteiger partial charge is 0.302 e. The van der Waals surface area contributed by atoms with Gasteiger partial charge in [-0.05, 0) is 68.7 Å². The Kier molecular flexibility index (Phi) is 5.23. The molecule has 1 N–H and O–H groups in total. The number of carbonyl (C=O) groups is 1. The van der Waals surface area contributed by atoms with Crippen LogP contribution < -0.4 is 5.32 Å². The highest BCUT2D eigenvalue weighted by Crippen LogP contribution is 2.29. The smallest absolute Gasteiger partial charge is 0.252 e. The molecule has 0 aliphatic heterocycles. The van der Waals surface area contributed by atoms with Gasteiger partial charge in [-0.2, -0.15) is 10.1 Å². The highest BCUT2D eigenvalue weighted by Gasteiger charge is 2.15. The number of hydrogen-bond acceptors (Lipinski definition) is 6. The fraction of sp³-hybridized carbons (Fsp3) is 0.348. The Balaban J connectivity index is 1.25. The van der Waals surface area contributed by atoms with Crippen LogP contribution in [0.25, 0.3) is 17.0 Å². The normalized spacial score (nSPS) is 13.4. The van der Waals surface area contributed by atoms with E-state index in [9.17, 15) is 4.79 Å². The van der Waals surface area contributed by atoms with Crippen LogP contribution in [-0.4, -0.2) is 30.5 Å². The van der Waals surface area contributed by atoms with Crippen molar-refractivity contribution in [2.75, 3.05) is 5.32 Å². The molecule has 0 spiro atoms. The third kappa shape index (κ3) is 3.95. The van der Waals surface area contributed by atoms with Gasteiger partial charge in [-0.15, -0.1) is 11.3 Å². The van der Waals surface area contributed by atoms with Crippen LogP contribution >= 0.6 is 11.3 Å². The summed E-state index contributed by atoms with van der Waals surface area (Å²) >= 11 is 1.46. The lowest BCUT2D eigenvalue weighted by Gasteiger charge is -2.16. The van der Waals surface area contributed by atoms with E-state index in [2.05, 4.69) is 43.6 Å². The first kappa shape index (κ1) is 19.8. The lowest BCUT2D eigenvalue weighted by atomic mass is 9.90. The summed E-state index contributed by atoms with van der Waals surface area (Å²) in [6.07, 6.45) is 7.30. The second-order valence-electron chi connectivity index (χ2n) is 8.01. The van der Waals surface area contributed by atoms with E-state index < -0.39 is 0 Å². The number of rotatable bonds is 5. The number of nitrogens with one attached hydrogen (secondary N) is 1. The van der Waals surface area contributed by atoms with Crippen LogP contribution in [-0.2, 0) is 24.1 Å². The lowest BCUT2D eigenvalue weighted by Crippen LogP contribution is -2.14. The summed E-state index contributed by atoms with van der Waals surface area (Å²) in [4.78, 5) is 25.8. The van der Waals surface area contributed by atoms with E-state index in [0.29, 0.717) is 23.8 Å². The first-order chi connectivity index (χ1) is 15.1. The summed E-state index contributed by atoms with van der Waals surface area (Å²) in [6, 6.07) is 6.63. The first-order valence-electron chi connectivity index (χ1n) is 10.6. The van der Waals surface area contributed by atoms with Crippen LogP contribution in [0.2, 0.25) is 0 Å². The molecule has 0 atom stereocenters. The Morgan fingerprint density at radius 3 is 2.87 bits per heavy atom. The molecule has 1 aliphatic rings. The molecule has 0 bridgehead atoms. The number of fused-ring (bicyclic) bond motifs is 2. The lowest BCUT2D eigenvalue weighted by molar-refractivity contribution is -0.116. The molecule has 3 heterocycles. The number of aryl methyl sites for hydroxylation is 4. The fourth-order valence-electron chi connectivity index (χ4n) is 4.29. The summed E-state index contributed by atoms with van der Waals surface area (Å²) in [5, 5.41) is 9.80. The minimum absolute atomic E-state index is 0.0520. The molecule has 5 rings (SSSR count). The maximum absolute atomic E-state index is 12.6. The zero-order valence-corrected chi connectivity index (χ0v) is 18.5. The minimum Gasteiger partial charge on any atom is -0.302 e. The fourth-order valence-corrected chi connectivity index (χ4v) is 5.03. The van der Waals surface area contributed by atoms with Gasteiger partial charge in [0.15, 0.2) is 5.13 Å². The van der Waals surface area contributed by atoms with E-state index in [-0.39, 0.29) is 5.91 Å². The van der Waals surface area contributed by atoms with Crippen LogP contribution in [0.4, 0.5) is 5.13 Å². The molecule has 31 heavy (non-hydrogen) atoms. The quantitative estimate of drug-likeness (QED) is 0.508. The molecule has 3 aromatic heterocycles. The van der Waals surface area contributed by atoms with Gasteiger partial charge in [-0.1, -0.05) is 12.1 Å². The predicted octanol–water partition coefficient (Wildman–Crippen LogP) is 4.31. The van der Waals surface area contributed by atoms with Crippen molar-refractivity contribution >= 4 is 28.2 Å². The molecule has 1 aliphatic carbocycles. The third-order valence-corrected chi connectivity index (χ3v) is 6.74. The standard InChI is InChI=1S/C23H24N6OS/c1-14-19(15(2)29-22(26-14)24-13-25-29)9-10-21(30)28-23-27-20(12-31-23)18-8-7-16-5-3-4-6-17(16)11-18/h7-8,11-13H,3-6,9-10H2,1-2H3,(H,27,28,30). The molecule has 1 aromatic carbocycles. The molecule has 0 unspecified atom stereocenters. The van der Waals surface area contributed by atoms with Gasteiger partial charge < -0.3 is 5.32 Å². The SMILES string of the molecule is Cc1nc2ncnn2c(C)c1CCC(=O)Nc1nc(-c2ccc3c(c2)CCCC3)cs1. The van der Waals surface area contributed by atoms with E-state index >= 15 is 0 Å². The summed E-state index contributed by atoms with van der Waals surface area (Å²) < 4.78 is 1.71. The van der Waals surface area contributed by atoms with Crippen molar-refractivity contribution in [2.45, 2.75) is 52.4 Å². The van der Waals surface area contributed by atoms with Crippen molar-refractivity contribution in [1.82, 2.24) is 24.6 Å². The second-order valence-corrected chi connectivity index (χ2v) is 8.87. The van der Waals surface area contributed by atoms with Crippen molar-refractivity contribution in [3.63, 3.8) is 0 Å². The highest BCUT2D eigenvalue weighted by atomic mass is 32.1. The summed E-state index contributed by atoms with van der Waals surface area (Å²) in [5.41, 5.74) is 7.82. The summed E-state index contributed by atoms with van der Waals surface area (Å²) in [5.74, 6) is 0.532. The topological polar surface area (TPSA) is 85.1 Å². The van der Waals surface area contributed by atoms with E-state index in [1.807, 2.05) is 19.2 Å². The minimum atomic E-state index is -0.0520. The van der Waals surface area contributed by atoms with Gasteiger partial charge in [0, 0.05) is 28.8 Å². The Bertz CT molecular complexity index is 1270. The number of anilines is 1. The molecule has 0 radical (unpaired) electrons. The van der Waals surface area contributed by atoms with Gasteiger partial charge in [0.2, 0.25) is 5.91 Å². The molecule has 1 amide bonds. The zero-order chi connectivity index (χ0) is 21.4. The molecule has 0 saturated carbocycles. The summed E-state index contributed by atoms with van der Waals surface area (Å²) in [6.45, 7) is 3.93. The number of thiazole rings is 1. The van der Waals surface area contributed by atoms with Crippen LogP contribution in [0, 0.1) is 13.8 Å². The van der Waals surface area contributed by atoms with Gasteiger partial charge in [-0.3, -0.25) is 4.79 Å². The number of nitrogens with zero attached hydrogens (tertiary/aromatic N) is 5. The van der Waals surface area contributed by atoms with E-state index in [4.69, 9.17) is 0 Å². The monoisotopic (exact) mass is 432 g/mol. The van der Waals surface area contributed by atoms with Gasteiger partial charge in [-0.25, -0.2) is 14.5 Å². The van der Waals surface area contributed by atoms with Gasteiger partial charge in [0.1, 0.15) is 6.33 Å². The average Bonchev–Trinajstić information content (AvgIpc) is 3.43. The molecular weight excluding hydrogens is 408 g/mol. The Labute approximate surface area is 184 Å². The number of benzene rings is 1. The van der Waals surface area contributed by atoms with Crippen LogP contribution in [0.1, 0.15) is 47.3 Å². The average molecular weight is 433 g/mol. The first-order valence-corrected chi connectivity index (χ1v) is 11.5. The Hall–Kier alpha value is -3.13. The molecule has 7 nitrogen and oxygen atoms in total. The summed E-state index contributed by atoms with van der Waals surface area (Å²) in [7, 11) is 0. The third-order valence-electron chi connectivity index (χ3n) is 5.99. The molecule has 0 saturated heterocycles. The van der Waals surface area contributed by atoms with Crippen molar-refractivity contribution < 1.29 is 4.79 Å². The van der Waals surface area contributed by atoms with Crippen molar-refractivity contribution in [3.05, 3.63) is 58.0 Å². The van der Waals surface area contributed by atoms with E-state index in [0.717, 1.165) is 34.6 Å². The van der Waals surface area contributed by atoms with Crippen molar-refractivity contribution in [3.8, 4) is 11.3 Å². The zero-order valence-electron chi connectivity index (χ0n) is 17.7. The Morgan fingerprint density at radius 2 is 2.00 bits per heavy atom. The van der Waals surface area contributed by atoms with Crippen LogP contribution in [0.5, 0.6) is 0 Å². The highest BCUT2D eigenvalue weighted by molar-refractivity contribution is 7.14. The van der Waals surface area contributed by atoms with Crippen molar-refractivity contribution in [2.24, 2.45) is 0 Å². The van der Waals surface area contributed by atoms with Crippen molar-refractivity contribution in [1.29, 1.82) is 0 Å². The Morgan fingerprint density at radius 1 is 1.16 bits per heavy atom. The molecule has 4 aromatic rings. The predicted molar refractivity (Wildman–Crippen MR) is 121 cm³/mol. The van der Waals surface area contributed by atoms with Gasteiger partial charge in [0.05, 0.1) is 5.69 Å². The van der Waals surface area contributed by atoms with Gasteiger partial charge in [0.25, 0.3) is 5.78 Å². The van der Waals surface area contributed by atoms with E-state index in [1.54, 1.807) is 4.52 Å². The van der Waals surface area contributed by atoms with E-state index in [1.165, 1.54) is 48.1 Å². The van der Waals surface area contributed by atoms with Gasteiger partial charge >= 0.3 is 0 Å². The number of amides is 1. The second kappa shape index (κ2) is 8.19. The van der Waals surface area contributed by atoms with Crippen LogP contribution in [0.3, 0.4) is 0 Å². The molecule has 0 fully saturated rings. The molecule has 158 valence electrons. The molecular formula is C23H24N6OS. The molecule has 8 heteroatoms. The number of aromatic nitrogens is 5. The number of carbonyl (C=O) groups excluding carboxylic acids is 1. The maximum atomic E-state index is 12.6. The maximum Gasteiger partial charge on any atom is 0.252 e. The number of hydrogen-bond donors (Lipinski definition) is 1. The van der Waals surface area contributed by atoms with Crippen LogP contribution in [0.15, 0.2) is 29.9 Å².